The normalized spacial score (nSPS) is 18.4. The minimum atomic E-state index is 0.134. The zero-order valence-electron chi connectivity index (χ0n) is 21.9. The van der Waals surface area contributed by atoms with Gasteiger partial charge in [0.1, 0.15) is 0 Å². The summed E-state index contributed by atoms with van der Waals surface area (Å²) in [5.74, 6) is 0.993. The lowest BCUT2D eigenvalue weighted by Gasteiger charge is -2.24. The van der Waals surface area contributed by atoms with Gasteiger partial charge in [0, 0.05) is 5.69 Å². The maximum Gasteiger partial charge on any atom is 0.211 e. The summed E-state index contributed by atoms with van der Waals surface area (Å²) in [4.78, 5) is 9.89. The second-order valence-electron chi connectivity index (χ2n) is 10.5. The van der Waals surface area contributed by atoms with Crippen molar-refractivity contribution in [3.05, 3.63) is 152 Å². The van der Waals surface area contributed by atoms with Crippen molar-refractivity contribution in [2.45, 2.75) is 12.1 Å². The highest BCUT2D eigenvalue weighted by molar-refractivity contribution is 6.22. The van der Waals surface area contributed by atoms with Crippen molar-refractivity contribution in [3.63, 3.8) is 0 Å². The van der Waals surface area contributed by atoms with Crippen molar-refractivity contribution >= 4 is 23.0 Å². The van der Waals surface area contributed by atoms with Gasteiger partial charge in [0.05, 0.1) is 23.5 Å². The monoisotopic (exact) mass is 513 g/mol. The standard InChI is InChI=1S/C37H27N3/c1-3-12-26(13-4-1)29-22-30(27-14-5-2-6-15-27)24-31(23-29)28-16-11-17-32(25-28)39-35-20-9-10-21-36(35)40-34-19-8-7-18-33(34)38-37(39)40/h1-25,33-34H. The van der Waals surface area contributed by atoms with Gasteiger partial charge in [-0.2, -0.15) is 0 Å². The van der Waals surface area contributed by atoms with E-state index in [0.717, 1.165) is 11.6 Å². The van der Waals surface area contributed by atoms with E-state index in [2.05, 4.69) is 161 Å². The second kappa shape index (κ2) is 9.25. The number of anilines is 3. The first-order valence-corrected chi connectivity index (χ1v) is 13.8. The molecule has 40 heavy (non-hydrogen) atoms. The summed E-state index contributed by atoms with van der Waals surface area (Å²) in [6.07, 6.45) is 8.70. The van der Waals surface area contributed by atoms with E-state index in [1.165, 1.54) is 44.8 Å². The summed E-state index contributed by atoms with van der Waals surface area (Å²) in [5.41, 5.74) is 10.7. The highest BCUT2D eigenvalue weighted by Crippen LogP contribution is 2.47. The van der Waals surface area contributed by atoms with Crippen LogP contribution < -0.4 is 9.80 Å². The molecule has 2 aliphatic heterocycles. The topological polar surface area (TPSA) is 18.8 Å². The van der Waals surface area contributed by atoms with Gasteiger partial charge >= 0.3 is 0 Å². The molecule has 0 radical (unpaired) electrons. The zero-order chi connectivity index (χ0) is 26.5. The summed E-state index contributed by atoms with van der Waals surface area (Å²) in [5, 5.41) is 0. The van der Waals surface area contributed by atoms with E-state index in [1.807, 2.05) is 0 Å². The Bertz CT molecular complexity index is 1760. The van der Waals surface area contributed by atoms with E-state index < -0.39 is 0 Å². The average molecular weight is 514 g/mol. The fourth-order valence-corrected chi connectivity index (χ4v) is 6.14. The van der Waals surface area contributed by atoms with E-state index in [1.54, 1.807) is 0 Å². The molecule has 0 saturated heterocycles. The van der Waals surface area contributed by atoms with Gasteiger partial charge < -0.3 is 4.90 Å². The van der Waals surface area contributed by atoms with Crippen molar-refractivity contribution in [1.29, 1.82) is 0 Å². The fourth-order valence-electron chi connectivity index (χ4n) is 6.14. The number of hydrogen-bond acceptors (Lipinski definition) is 3. The van der Waals surface area contributed by atoms with Gasteiger partial charge in [-0.15, -0.1) is 0 Å². The Morgan fingerprint density at radius 3 is 1.75 bits per heavy atom. The molecule has 0 aromatic heterocycles. The predicted molar refractivity (Wildman–Crippen MR) is 167 cm³/mol. The Morgan fingerprint density at radius 2 is 1.05 bits per heavy atom. The Hall–Kier alpha value is -5.15. The minimum Gasteiger partial charge on any atom is -0.300 e. The lowest BCUT2D eigenvalue weighted by molar-refractivity contribution is 0.741. The molecular weight excluding hydrogens is 486 g/mol. The van der Waals surface area contributed by atoms with Crippen molar-refractivity contribution in [2.75, 3.05) is 9.80 Å². The Labute approximate surface area is 234 Å². The fraction of sp³-hybridized carbons (Fsp3) is 0.0541. The first-order valence-electron chi connectivity index (χ1n) is 13.8. The van der Waals surface area contributed by atoms with E-state index in [4.69, 9.17) is 4.99 Å². The number of aliphatic imine (C=N–C) groups is 1. The molecule has 3 nitrogen and oxygen atoms in total. The van der Waals surface area contributed by atoms with E-state index >= 15 is 0 Å². The van der Waals surface area contributed by atoms with Crippen LogP contribution in [0.25, 0.3) is 33.4 Å². The Balaban J connectivity index is 1.26. The van der Waals surface area contributed by atoms with Crippen LogP contribution in [0.2, 0.25) is 0 Å². The third kappa shape index (κ3) is 3.70. The van der Waals surface area contributed by atoms with Crippen LogP contribution in [0.15, 0.2) is 157 Å². The summed E-state index contributed by atoms with van der Waals surface area (Å²) >= 11 is 0. The van der Waals surface area contributed by atoms with Crippen molar-refractivity contribution in [1.82, 2.24) is 0 Å². The summed E-state index contributed by atoms with van der Waals surface area (Å²) in [6.45, 7) is 0. The number of para-hydroxylation sites is 2. The highest BCUT2D eigenvalue weighted by atomic mass is 15.5. The number of benzene rings is 5. The van der Waals surface area contributed by atoms with Gasteiger partial charge in [0.15, 0.2) is 0 Å². The smallest absolute Gasteiger partial charge is 0.211 e. The largest absolute Gasteiger partial charge is 0.300 e. The molecule has 0 bridgehead atoms. The van der Waals surface area contributed by atoms with Crippen LogP contribution in [0.1, 0.15) is 0 Å². The molecule has 3 heteroatoms. The van der Waals surface area contributed by atoms with Gasteiger partial charge in [-0.05, 0) is 75.8 Å². The maximum atomic E-state index is 5.19. The lowest BCUT2D eigenvalue weighted by Crippen LogP contribution is -2.39. The van der Waals surface area contributed by atoms with Gasteiger partial charge in [-0.25, -0.2) is 4.99 Å². The summed E-state index contributed by atoms with van der Waals surface area (Å²) in [6, 6.07) is 46.0. The SMILES string of the molecule is C1=CC2N=C3N(c4cccc(-c5cc(-c6ccccc6)cc(-c6ccccc6)c5)c4)c4ccccc4N3C2C=C1. The van der Waals surface area contributed by atoms with Crippen molar-refractivity contribution < 1.29 is 0 Å². The zero-order valence-corrected chi connectivity index (χ0v) is 21.9. The van der Waals surface area contributed by atoms with Crippen LogP contribution in [-0.4, -0.2) is 18.0 Å². The highest BCUT2D eigenvalue weighted by Gasteiger charge is 2.44. The first-order chi connectivity index (χ1) is 19.8. The number of hydrogen-bond donors (Lipinski definition) is 0. The summed E-state index contributed by atoms with van der Waals surface area (Å²) in [7, 11) is 0. The molecule has 0 spiro atoms. The van der Waals surface area contributed by atoms with Gasteiger partial charge in [-0.1, -0.05) is 109 Å². The quantitative estimate of drug-likeness (QED) is 0.239. The van der Waals surface area contributed by atoms with Gasteiger partial charge in [-0.3, -0.25) is 4.90 Å². The molecule has 8 rings (SSSR count). The van der Waals surface area contributed by atoms with E-state index in [0.29, 0.717) is 0 Å². The van der Waals surface area contributed by atoms with Crippen LogP contribution in [0.3, 0.4) is 0 Å². The van der Waals surface area contributed by atoms with Crippen LogP contribution in [0, 0.1) is 0 Å². The molecule has 0 fully saturated rings. The minimum absolute atomic E-state index is 0.134. The van der Waals surface area contributed by atoms with Crippen LogP contribution in [0.4, 0.5) is 17.1 Å². The second-order valence-corrected chi connectivity index (χ2v) is 10.5. The van der Waals surface area contributed by atoms with Crippen molar-refractivity contribution in [3.8, 4) is 33.4 Å². The number of fused-ring (bicyclic) bond motifs is 5. The van der Waals surface area contributed by atoms with E-state index in [9.17, 15) is 0 Å². The van der Waals surface area contributed by atoms with Crippen LogP contribution in [-0.2, 0) is 0 Å². The molecule has 2 unspecified atom stereocenters. The number of allylic oxidation sites excluding steroid dienone is 2. The molecule has 1 aliphatic carbocycles. The van der Waals surface area contributed by atoms with Crippen LogP contribution >= 0.6 is 0 Å². The molecule has 190 valence electrons. The molecule has 0 N–H and O–H groups in total. The number of guanidine groups is 1. The lowest BCUT2D eigenvalue weighted by atomic mass is 9.93. The molecule has 5 aromatic rings. The molecule has 0 amide bonds. The Morgan fingerprint density at radius 1 is 0.475 bits per heavy atom. The third-order valence-corrected chi connectivity index (χ3v) is 8.02. The van der Waals surface area contributed by atoms with Gasteiger partial charge in [0.25, 0.3) is 0 Å². The molecule has 3 aliphatic rings. The van der Waals surface area contributed by atoms with E-state index in [-0.39, 0.29) is 12.1 Å². The predicted octanol–water partition coefficient (Wildman–Crippen LogP) is 8.88. The first kappa shape index (κ1) is 22.8. The number of nitrogens with zero attached hydrogens (tertiary/aromatic N) is 3. The molecule has 2 atom stereocenters. The molecule has 0 saturated carbocycles. The van der Waals surface area contributed by atoms with Gasteiger partial charge in [0.2, 0.25) is 5.96 Å². The third-order valence-electron chi connectivity index (χ3n) is 8.02. The Kier molecular flexibility index (Phi) is 5.27. The molecular formula is C37H27N3. The molecule has 2 heterocycles. The maximum absolute atomic E-state index is 5.19. The van der Waals surface area contributed by atoms with Crippen molar-refractivity contribution in [2.24, 2.45) is 4.99 Å². The average Bonchev–Trinajstić information content (AvgIpc) is 3.56. The summed E-state index contributed by atoms with van der Waals surface area (Å²) < 4.78 is 0. The van der Waals surface area contributed by atoms with Crippen LogP contribution in [0.5, 0.6) is 0 Å². The number of rotatable bonds is 4. The molecule has 5 aromatic carbocycles.